The highest BCUT2D eigenvalue weighted by Crippen LogP contribution is 2.32. The maximum absolute atomic E-state index is 13.2. The Bertz CT molecular complexity index is 840. The van der Waals surface area contributed by atoms with Crippen molar-refractivity contribution in [2.24, 2.45) is 11.8 Å². The topological polar surface area (TPSA) is 57.7 Å². The van der Waals surface area contributed by atoms with Crippen molar-refractivity contribution in [2.75, 3.05) is 26.2 Å². The van der Waals surface area contributed by atoms with Crippen LogP contribution in [-0.4, -0.2) is 49.7 Å². The second kappa shape index (κ2) is 8.76. The molecule has 0 bridgehead atoms. The molecule has 1 aromatic carbocycles. The first-order valence-corrected chi connectivity index (χ1v) is 12.8. The van der Waals surface area contributed by atoms with E-state index in [-0.39, 0.29) is 11.8 Å². The molecule has 160 valence electrons. The monoisotopic (exact) mass is 418 g/mol. The van der Waals surface area contributed by atoms with Crippen molar-refractivity contribution < 1.29 is 13.2 Å². The third kappa shape index (κ3) is 4.69. The zero-order chi connectivity index (χ0) is 20.4. The van der Waals surface area contributed by atoms with Gasteiger partial charge in [-0.2, -0.15) is 4.31 Å². The molecule has 1 aromatic rings. The summed E-state index contributed by atoms with van der Waals surface area (Å²) in [6, 6.07) is 5.66. The minimum atomic E-state index is -3.48. The van der Waals surface area contributed by atoms with Crippen LogP contribution in [0, 0.1) is 11.8 Å². The van der Waals surface area contributed by atoms with Crippen molar-refractivity contribution in [1.29, 1.82) is 0 Å². The Morgan fingerprint density at radius 3 is 2.41 bits per heavy atom. The molecule has 0 radical (unpaired) electrons. The molecular weight excluding hydrogens is 384 g/mol. The predicted octanol–water partition coefficient (Wildman–Crippen LogP) is 3.61. The van der Waals surface area contributed by atoms with E-state index < -0.39 is 10.0 Å². The van der Waals surface area contributed by atoms with Crippen LogP contribution in [0.1, 0.15) is 63.0 Å². The normalized spacial score (nSPS) is 21.0. The third-order valence-electron chi connectivity index (χ3n) is 6.74. The minimum Gasteiger partial charge on any atom is -0.342 e. The molecule has 3 aliphatic rings. The Balaban J connectivity index is 1.40. The van der Waals surface area contributed by atoms with E-state index >= 15 is 0 Å². The zero-order valence-electron chi connectivity index (χ0n) is 17.6. The summed E-state index contributed by atoms with van der Waals surface area (Å²) in [5, 5.41) is 0. The number of carbonyl (C=O) groups excluding carboxylic acids is 1. The van der Waals surface area contributed by atoms with E-state index in [0.29, 0.717) is 36.7 Å². The molecule has 1 aliphatic heterocycles. The summed E-state index contributed by atoms with van der Waals surface area (Å²) in [5.74, 6) is 0.898. The molecular formula is C23H34N2O3S. The van der Waals surface area contributed by atoms with Gasteiger partial charge in [0.25, 0.3) is 0 Å². The molecule has 1 saturated carbocycles. The van der Waals surface area contributed by atoms with E-state index in [1.165, 1.54) is 30.4 Å². The lowest BCUT2D eigenvalue weighted by Gasteiger charge is -2.34. The molecule has 0 unspecified atom stereocenters. The van der Waals surface area contributed by atoms with Crippen molar-refractivity contribution in [3.63, 3.8) is 0 Å². The molecule has 6 heteroatoms. The lowest BCUT2D eigenvalue weighted by Crippen LogP contribution is -2.45. The number of fused-ring (bicyclic) bond motifs is 1. The molecule has 1 heterocycles. The molecule has 2 aliphatic carbocycles. The Kier molecular flexibility index (Phi) is 6.30. The summed E-state index contributed by atoms with van der Waals surface area (Å²) in [5.41, 5.74) is 2.49. The molecule has 5 nitrogen and oxygen atoms in total. The zero-order valence-corrected chi connectivity index (χ0v) is 18.4. The largest absolute Gasteiger partial charge is 0.342 e. The van der Waals surface area contributed by atoms with Crippen LogP contribution in [-0.2, 0) is 27.7 Å². The van der Waals surface area contributed by atoms with Crippen LogP contribution in [0.4, 0.5) is 0 Å². The summed E-state index contributed by atoms with van der Waals surface area (Å²) in [4.78, 5) is 15.5. The number of piperidine rings is 1. The number of hydrogen-bond acceptors (Lipinski definition) is 3. The van der Waals surface area contributed by atoms with Gasteiger partial charge in [-0.25, -0.2) is 8.42 Å². The van der Waals surface area contributed by atoms with E-state index in [0.717, 1.165) is 38.8 Å². The summed E-state index contributed by atoms with van der Waals surface area (Å²) >= 11 is 0. The first-order chi connectivity index (χ1) is 14.0. The minimum absolute atomic E-state index is 0.0321. The maximum atomic E-state index is 13.2. The molecule has 0 N–H and O–H groups in total. The molecule has 29 heavy (non-hydrogen) atoms. The van der Waals surface area contributed by atoms with E-state index in [2.05, 4.69) is 6.92 Å². The standard InChI is InChI=1S/C23H34N2O3S/c1-2-13-24(17-18-7-8-18)23(26)20-11-14-25(15-12-20)29(27,28)22-10-9-19-5-3-4-6-21(19)16-22/h9-10,16,18,20H,2-8,11-15,17H2,1H3. The van der Waals surface area contributed by atoms with Gasteiger partial charge in [0.05, 0.1) is 4.90 Å². The highest BCUT2D eigenvalue weighted by molar-refractivity contribution is 7.89. The van der Waals surface area contributed by atoms with Crippen molar-refractivity contribution in [3.8, 4) is 0 Å². The van der Waals surface area contributed by atoms with E-state index in [1.807, 2.05) is 17.0 Å². The highest BCUT2D eigenvalue weighted by Gasteiger charge is 2.35. The van der Waals surface area contributed by atoms with Gasteiger partial charge in [0, 0.05) is 32.1 Å². The molecule has 0 spiro atoms. The number of benzene rings is 1. The van der Waals surface area contributed by atoms with Gasteiger partial charge >= 0.3 is 0 Å². The van der Waals surface area contributed by atoms with Crippen molar-refractivity contribution >= 4 is 15.9 Å². The number of aryl methyl sites for hydroxylation is 2. The Labute approximate surface area is 175 Å². The van der Waals surface area contributed by atoms with Gasteiger partial charge in [-0.15, -0.1) is 0 Å². The van der Waals surface area contributed by atoms with Crippen molar-refractivity contribution in [1.82, 2.24) is 9.21 Å². The number of carbonyl (C=O) groups is 1. The summed E-state index contributed by atoms with van der Waals surface area (Å²) in [6.07, 6.45) is 9.08. The SMILES string of the molecule is CCCN(CC1CC1)C(=O)C1CCN(S(=O)(=O)c2ccc3c(c2)CCCC3)CC1. The fourth-order valence-corrected chi connectivity index (χ4v) is 6.31. The Morgan fingerprint density at radius 2 is 1.76 bits per heavy atom. The second-order valence-electron chi connectivity index (χ2n) is 9.04. The molecule has 2 fully saturated rings. The van der Waals surface area contributed by atoms with Gasteiger partial charge < -0.3 is 4.90 Å². The van der Waals surface area contributed by atoms with Gasteiger partial charge in [0.1, 0.15) is 0 Å². The van der Waals surface area contributed by atoms with Gasteiger partial charge in [-0.3, -0.25) is 4.79 Å². The molecule has 1 saturated heterocycles. The van der Waals surface area contributed by atoms with E-state index in [9.17, 15) is 13.2 Å². The van der Waals surface area contributed by atoms with Crippen molar-refractivity contribution in [3.05, 3.63) is 29.3 Å². The number of rotatable bonds is 7. The Hall–Kier alpha value is -1.40. The molecule has 1 amide bonds. The highest BCUT2D eigenvalue weighted by atomic mass is 32.2. The lowest BCUT2D eigenvalue weighted by molar-refractivity contribution is -0.137. The van der Waals surface area contributed by atoms with Crippen LogP contribution in [0.3, 0.4) is 0 Å². The summed E-state index contributed by atoms with van der Waals surface area (Å²) in [7, 11) is -3.48. The average molecular weight is 419 g/mol. The van der Waals surface area contributed by atoms with Crippen LogP contribution in [0.15, 0.2) is 23.1 Å². The Morgan fingerprint density at radius 1 is 1.07 bits per heavy atom. The summed E-state index contributed by atoms with van der Waals surface area (Å²) < 4.78 is 27.9. The average Bonchev–Trinajstić information content (AvgIpc) is 3.57. The van der Waals surface area contributed by atoms with Gasteiger partial charge in [-0.1, -0.05) is 13.0 Å². The molecule has 4 rings (SSSR count). The number of sulfonamides is 1. The van der Waals surface area contributed by atoms with E-state index in [4.69, 9.17) is 0 Å². The smallest absolute Gasteiger partial charge is 0.243 e. The van der Waals surface area contributed by atoms with Crippen LogP contribution < -0.4 is 0 Å². The van der Waals surface area contributed by atoms with Crippen LogP contribution in [0.25, 0.3) is 0 Å². The van der Waals surface area contributed by atoms with E-state index in [1.54, 1.807) is 10.4 Å². The van der Waals surface area contributed by atoms with Gasteiger partial charge in [0.2, 0.25) is 15.9 Å². The maximum Gasteiger partial charge on any atom is 0.243 e. The van der Waals surface area contributed by atoms with Gasteiger partial charge in [0.15, 0.2) is 0 Å². The predicted molar refractivity (Wildman–Crippen MR) is 114 cm³/mol. The first kappa shape index (κ1) is 20.9. The van der Waals surface area contributed by atoms with Crippen LogP contribution in [0.2, 0.25) is 0 Å². The molecule has 0 aromatic heterocycles. The number of nitrogens with zero attached hydrogens (tertiary/aromatic N) is 2. The van der Waals surface area contributed by atoms with Crippen LogP contribution >= 0.6 is 0 Å². The fraction of sp³-hybridized carbons (Fsp3) is 0.696. The molecule has 0 atom stereocenters. The fourth-order valence-electron chi connectivity index (χ4n) is 4.79. The lowest BCUT2D eigenvalue weighted by atomic mass is 9.92. The second-order valence-corrected chi connectivity index (χ2v) is 11.0. The van der Waals surface area contributed by atoms with Gasteiger partial charge in [-0.05, 0) is 87.0 Å². The van der Waals surface area contributed by atoms with Crippen molar-refractivity contribution in [2.45, 2.75) is 69.6 Å². The summed E-state index contributed by atoms with van der Waals surface area (Å²) in [6.45, 7) is 4.71. The third-order valence-corrected chi connectivity index (χ3v) is 8.64. The van der Waals surface area contributed by atoms with Crippen LogP contribution in [0.5, 0.6) is 0 Å². The number of hydrogen-bond donors (Lipinski definition) is 0. The first-order valence-electron chi connectivity index (χ1n) is 11.4. The number of amides is 1. The quantitative estimate of drug-likeness (QED) is 0.680.